The van der Waals surface area contributed by atoms with E-state index in [4.69, 9.17) is 4.74 Å². The van der Waals surface area contributed by atoms with E-state index in [1.807, 2.05) is 0 Å². The molecule has 1 atom stereocenters. The first-order valence-electron chi connectivity index (χ1n) is 9.84. The van der Waals surface area contributed by atoms with E-state index in [-0.39, 0.29) is 5.78 Å². The minimum Gasteiger partial charge on any atom is -0.344 e. The summed E-state index contributed by atoms with van der Waals surface area (Å²) in [6, 6.07) is 17.0. The molecule has 2 aliphatic rings. The number of ether oxygens (including phenoxy) is 1. The van der Waals surface area contributed by atoms with E-state index < -0.39 is 11.3 Å². The predicted molar refractivity (Wildman–Crippen MR) is 109 cm³/mol. The Morgan fingerprint density at radius 2 is 1.59 bits per heavy atom. The van der Waals surface area contributed by atoms with E-state index in [2.05, 4.69) is 72.9 Å². The number of Topliss-reactive ketones (excluding diaryl/α,β-unsaturated/α-hetero) is 1. The highest BCUT2D eigenvalue weighted by atomic mass is 16.5. The summed E-state index contributed by atoms with van der Waals surface area (Å²) in [5, 5.41) is 3.66. The summed E-state index contributed by atoms with van der Waals surface area (Å²) >= 11 is 0. The predicted octanol–water partition coefficient (Wildman–Crippen LogP) is 4.90. The fraction of sp³-hybridized carbons (Fsp3) is 0.375. The number of unbranched alkanes of at least 4 members (excludes halogenated alkanes) is 1. The van der Waals surface area contributed by atoms with Gasteiger partial charge in [0.15, 0.2) is 0 Å². The van der Waals surface area contributed by atoms with Gasteiger partial charge in [-0.3, -0.25) is 5.32 Å². The van der Waals surface area contributed by atoms with Crippen molar-refractivity contribution in [1.29, 1.82) is 0 Å². The monoisotopic (exact) mass is 361 g/mol. The lowest BCUT2D eigenvalue weighted by Crippen LogP contribution is -2.38. The second kappa shape index (κ2) is 7.06. The molecular formula is C24H27NO2. The van der Waals surface area contributed by atoms with Crippen LogP contribution in [0.5, 0.6) is 0 Å². The maximum absolute atomic E-state index is 11.2. The lowest BCUT2D eigenvalue weighted by molar-refractivity contribution is -0.117. The van der Waals surface area contributed by atoms with Crippen molar-refractivity contribution in [3.05, 3.63) is 70.8 Å². The number of nitrogens with one attached hydrogen (secondary N) is 1. The topological polar surface area (TPSA) is 38.3 Å². The molecule has 1 fully saturated rings. The van der Waals surface area contributed by atoms with Crippen LogP contribution >= 0.6 is 0 Å². The zero-order valence-corrected chi connectivity index (χ0v) is 16.1. The highest BCUT2D eigenvalue weighted by Crippen LogP contribution is 2.46. The summed E-state index contributed by atoms with van der Waals surface area (Å²) in [6.07, 6.45) is 7.80. The van der Waals surface area contributed by atoms with Crippen molar-refractivity contribution in [3.63, 3.8) is 0 Å². The number of carbonyl (C=O) groups excluding carboxylic acids is 1. The van der Waals surface area contributed by atoms with Gasteiger partial charge in [0.2, 0.25) is 0 Å². The van der Waals surface area contributed by atoms with Crippen molar-refractivity contribution >= 4 is 17.9 Å². The zero-order valence-electron chi connectivity index (χ0n) is 16.1. The number of carbonyl (C=O) groups is 1. The Balaban J connectivity index is 1.68. The van der Waals surface area contributed by atoms with Gasteiger partial charge in [0, 0.05) is 13.0 Å². The molecule has 4 rings (SSSR count). The second-order valence-electron chi connectivity index (χ2n) is 7.93. The zero-order chi connectivity index (χ0) is 18.9. The number of hydrogen-bond acceptors (Lipinski definition) is 3. The van der Waals surface area contributed by atoms with E-state index in [9.17, 15) is 4.79 Å². The Bertz CT molecular complexity index is 836. The van der Waals surface area contributed by atoms with Crippen LogP contribution in [0, 0.1) is 0 Å². The van der Waals surface area contributed by atoms with E-state index in [1.165, 1.54) is 22.3 Å². The van der Waals surface area contributed by atoms with Crippen molar-refractivity contribution in [1.82, 2.24) is 5.32 Å². The second-order valence-corrected chi connectivity index (χ2v) is 7.93. The summed E-state index contributed by atoms with van der Waals surface area (Å²) in [4.78, 5) is 11.2. The standard InChI is InChI=1S/C24H27NO2/c1-18(26)9-7-8-16-23(2)25-17-24(27-23)21-12-5-3-10-19(21)14-15-20-11-4-6-13-22(20)24/h3-6,10-15,25H,7-9,16-17H2,1-2H3. The largest absolute Gasteiger partial charge is 0.344 e. The molecule has 27 heavy (non-hydrogen) atoms. The SMILES string of the molecule is CC(=O)CCCCC1(C)NCC2(O1)c1ccccc1C=Cc1ccccc12. The maximum atomic E-state index is 11.2. The first-order chi connectivity index (χ1) is 13.0. The quantitative estimate of drug-likeness (QED) is 0.770. The van der Waals surface area contributed by atoms with Crippen LogP contribution in [0.2, 0.25) is 0 Å². The fourth-order valence-corrected chi connectivity index (χ4v) is 4.39. The van der Waals surface area contributed by atoms with E-state index in [0.29, 0.717) is 6.42 Å². The minimum atomic E-state index is -0.494. The first kappa shape index (κ1) is 18.1. The van der Waals surface area contributed by atoms with Gasteiger partial charge >= 0.3 is 0 Å². The van der Waals surface area contributed by atoms with Crippen molar-refractivity contribution < 1.29 is 9.53 Å². The van der Waals surface area contributed by atoms with Crippen LogP contribution in [0.25, 0.3) is 12.2 Å². The number of fused-ring (bicyclic) bond motifs is 4. The average molecular weight is 361 g/mol. The normalized spacial score (nSPS) is 22.3. The molecule has 0 bridgehead atoms. The van der Waals surface area contributed by atoms with Gasteiger partial charge in [-0.15, -0.1) is 0 Å². The van der Waals surface area contributed by atoms with Crippen LogP contribution in [0.3, 0.4) is 0 Å². The molecule has 3 heteroatoms. The maximum Gasteiger partial charge on any atom is 0.134 e. The Morgan fingerprint density at radius 3 is 2.19 bits per heavy atom. The molecule has 2 aromatic carbocycles. The summed E-state index contributed by atoms with van der Waals surface area (Å²) in [5.74, 6) is 0.259. The Labute approximate surface area is 161 Å². The number of hydrogen-bond donors (Lipinski definition) is 1. The van der Waals surface area contributed by atoms with Gasteiger partial charge in [-0.2, -0.15) is 0 Å². The van der Waals surface area contributed by atoms with Gasteiger partial charge in [-0.25, -0.2) is 0 Å². The van der Waals surface area contributed by atoms with Crippen molar-refractivity contribution in [3.8, 4) is 0 Å². The molecule has 140 valence electrons. The van der Waals surface area contributed by atoms with E-state index in [0.717, 1.165) is 25.8 Å². The molecule has 0 radical (unpaired) electrons. The van der Waals surface area contributed by atoms with Gasteiger partial charge in [0.25, 0.3) is 0 Å². The highest BCUT2D eigenvalue weighted by molar-refractivity contribution is 5.77. The van der Waals surface area contributed by atoms with Gasteiger partial charge < -0.3 is 9.53 Å². The van der Waals surface area contributed by atoms with Gasteiger partial charge in [-0.05, 0) is 55.4 Å². The Morgan fingerprint density at radius 1 is 1.00 bits per heavy atom. The molecule has 1 aliphatic carbocycles. The summed E-state index contributed by atoms with van der Waals surface area (Å²) in [5.41, 5.74) is 3.94. The van der Waals surface area contributed by atoms with Crippen LogP contribution < -0.4 is 5.32 Å². The minimum absolute atomic E-state index is 0.259. The lowest BCUT2D eigenvalue weighted by atomic mass is 9.83. The molecule has 0 aromatic heterocycles. The van der Waals surface area contributed by atoms with Gasteiger partial charge in [0.05, 0.1) is 0 Å². The Hall–Kier alpha value is -2.23. The van der Waals surface area contributed by atoms with E-state index >= 15 is 0 Å². The summed E-state index contributed by atoms with van der Waals surface area (Å²) < 4.78 is 6.88. The molecule has 1 saturated heterocycles. The number of benzene rings is 2. The molecule has 1 unspecified atom stereocenters. The molecule has 0 saturated carbocycles. The van der Waals surface area contributed by atoms with Crippen molar-refractivity contribution in [2.75, 3.05) is 6.54 Å². The summed E-state index contributed by atoms with van der Waals surface area (Å²) in [6.45, 7) is 4.54. The van der Waals surface area contributed by atoms with Crippen LogP contribution in [0.4, 0.5) is 0 Å². The van der Waals surface area contributed by atoms with Crippen LogP contribution in [0.1, 0.15) is 61.8 Å². The smallest absolute Gasteiger partial charge is 0.134 e. The fourth-order valence-electron chi connectivity index (χ4n) is 4.39. The first-order valence-corrected chi connectivity index (χ1v) is 9.84. The highest BCUT2D eigenvalue weighted by Gasteiger charge is 2.50. The third kappa shape index (κ3) is 3.38. The van der Waals surface area contributed by atoms with Gasteiger partial charge in [0.1, 0.15) is 17.1 Å². The molecular weight excluding hydrogens is 334 g/mol. The van der Waals surface area contributed by atoms with Crippen molar-refractivity contribution in [2.45, 2.75) is 50.9 Å². The number of ketones is 1. The van der Waals surface area contributed by atoms with E-state index in [1.54, 1.807) is 6.92 Å². The third-order valence-electron chi connectivity index (χ3n) is 5.78. The number of rotatable bonds is 5. The van der Waals surface area contributed by atoms with Crippen molar-refractivity contribution in [2.24, 2.45) is 0 Å². The lowest BCUT2D eigenvalue weighted by Gasteiger charge is -2.34. The molecule has 1 spiro atoms. The average Bonchev–Trinajstić information content (AvgIpc) is 2.96. The Kier molecular flexibility index (Phi) is 4.75. The molecule has 2 aromatic rings. The van der Waals surface area contributed by atoms with Gasteiger partial charge in [-0.1, -0.05) is 60.7 Å². The van der Waals surface area contributed by atoms with Crippen LogP contribution in [-0.2, 0) is 15.1 Å². The molecule has 1 heterocycles. The summed E-state index contributed by atoms with van der Waals surface area (Å²) in [7, 11) is 0. The molecule has 1 N–H and O–H groups in total. The van der Waals surface area contributed by atoms with Crippen LogP contribution in [-0.4, -0.2) is 18.1 Å². The third-order valence-corrected chi connectivity index (χ3v) is 5.78. The molecule has 1 aliphatic heterocycles. The molecule has 3 nitrogen and oxygen atoms in total. The molecule has 0 amide bonds. The van der Waals surface area contributed by atoms with Crippen LogP contribution in [0.15, 0.2) is 48.5 Å².